The fraction of sp³-hybridized carbons (Fsp3) is 0.312. The van der Waals surface area contributed by atoms with Crippen LogP contribution in [-0.4, -0.2) is 27.6 Å². The molecule has 1 heterocycles. The molecule has 0 radical (unpaired) electrons. The van der Waals surface area contributed by atoms with E-state index in [9.17, 15) is 5.11 Å². The lowest BCUT2D eigenvalue weighted by Crippen LogP contribution is -2.34. The summed E-state index contributed by atoms with van der Waals surface area (Å²) in [6, 6.07) is 14.5. The third-order valence-electron chi connectivity index (χ3n) is 3.22. The molecule has 0 aliphatic rings. The predicted octanol–water partition coefficient (Wildman–Crippen LogP) is 2.46. The van der Waals surface area contributed by atoms with E-state index in [0.29, 0.717) is 0 Å². The molecule has 0 spiro atoms. The molecule has 2 aromatic rings. The van der Waals surface area contributed by atoms with Gasteiger partial charge in [0.2, 0.25) is 0 Å². The number of aliphatic hydroxyl groups is 1. The maximum atomic E-state index is 9.40. The third kappa shape index (κ3) is 4.16. The minimum Gasteiger partial charge on any atom is -0.395 e. The van der Waals surface area contributed by atoms with Gasteiger partial charge in [-0.05, 0) is 24.1 Å². The molecule has 0 saturated carbocycles. The highest BCUT2D eigenvalue weighted by Crippen LogP contribution is 2.12. The number of benzene rings is 1. The van der Waals surface area contributed by atoms with Crippen LogP contribution < -0.4 is 0 Å². The van der Waals surface area contributed by atoms with E-state index in [1.54, 1.807) is 6.20 Å². The van der Waals surface area contributed by atoms with Crippen molar-refractivity contribution in [1.29, 1.82) is 0 Å². The number of aliphatic hydroxyl groups excluding tert-OH is 1. The molecular formula is C16H20N2O. The molecule has 3 nitrogen and oxygen atoms in total. The van der Waals surface area contributed by atoms with Crippen molar-refractivity contribution in [1.82, 2.24) is 9.88 Å². The number of rotatable bonds is 6. The lowest BCUT2D eigenvalue weighted by molar-refractivity contribution is 0.121. The second-order valence-corrected chi connectivity index (χ2v) is 4.78. The van der Waals surface area contributed by atoms with Gasteiger partial charge in [0.1, 0.15) is 0 Å². The number of hydrogen-bond donors (Lipinski definition) is 1. The van der Waals surface area contributed by atoms with Gasteiger partial charge in [0, 0.05) is 31.5 Å². The maximum Gasteiger partial charge on any atom is 0.0584 e. The van der Waals surface area contributed by atoms with E-state index in [-0.39, 0.29) is 12.6 Å². The summed E-state index contributed by atoms with van der Waals surface area (Å²) < 4.78 is 0. The number of nitrogens with zero attached hydrogens (tertiary/aromatic N) is 2. The number of aromatic nitrogens is 1. The van der Waals surface area contributed by atoms with Crippen molar-refractivity contribution in [2.45, 2.75) is 26.1 Å². The molecule has 0 amide bonds. The highest BCUT2D eigenvalue weighted by molar-refractivity contribution is 5.15. The Kier molecular flexibility index (Phi) is 5.07. The zero-order valence-corrected chi connectivity index (χ0v) is 11.2. The first-order chi connectivity index (χ1) is 9.29. The van der Waals surface area contributed by atoms with Crippen LogP contribution in [0.15, 0.2) is 54.9 Å². The fourth-order valence-corrected chi connectivity index (χ4v) is 2.03. The van der Waals surface area contributed by atoms with Gasteiger partial charge in [-0.3, -0.25) is 9.88 Å². The highest BCUT2D eigenvalue weighted by Gasteiger charge is 2.13. The van der Waals surface area contributed by atoms with E-state index < -0.39 is 0 Å². The minimum absolute atomic E-state index is 0.125. The Morgan fingerprint density at radius 2 is 1.74 bits per heavy atom. The smallest absolute Gasteiger partial charge is 0.0584 e. The zero-order chi connectivity index (χ0) is 13.5. The van der Waals surface area contributed by atoms with Crippen LogP contribution in [0.2, 0.25) is 0 Å². The first-order valence-electron chi connectivity index (χ1n) is 6.57. The minimum atomic E-state index is 0.125. The van der Waals surface area contributed by atoms with Gasteiger partial charge in [-0.2, -0.15) is 0 Å². The molecule has 0 aliphatic heterocycles. The molecule has 0 unspecified atom stereocenters. The summed E-state index contributed by atoms with van der Waals surface area (Å²) in [5.74, 6) is 0. The van der Waals surface area contributed by atoms with E-state index >= 15 is 0 Å². The molecule has 0 bridgehead atoms. The van der Waals surface area contributed by atoms with Crippen LogP contribution in [0.25, 0.3) is 0 Å². The van der Waals surface area contributed by atoms with Crippen LogP contribution in [-0.2, 0) is 13.1 Å². The van der Waals surface area contributed by atoms with Gasteiger partial charge in [0.15, 0.2) is 0 Å². The largest absolute Gasteiger partial charge is 0.395 e. The van der Waals surface area contributed by atoms with Crippen molar-refractivity contribution in [2.75, 3.05) is 6.61 Å². The average molecular weight is 256 g/mol. The number of pyridine rings is 1. The Hall–Kier alpha value is -1.71. The summed E-state index contributed by atoms with van der Waals surface area (Å²) in [6.45, 7) is 3.83. The molecule has 2 rings (SSSR count). The van der Waals surface area contributed by atoms with Crippen LogP contribution in [0, 0.1) is 0 Å². The first kappa shape index (κ1) is 13.7. The monoisotopic (exact) mass is 256 g/mol. The normalized spacial score (nSPS) is 12.6. The zero-order valence-electron chi connectivity index (χ0n) is 11.2. The maximum absolute atomic E-state index is 9.40. The van der Waals surface area contributed by atoms with Crippen molar-refractivity contribution in [3.63, 3.8) is 0 Å². The molecule has 1 N–H and O–H groups in total. The van der Waals surface area contributed by atoms with Crippen LogP contribution in [0.1, 0.15) is 18.1 Å². The van der Waals surface area contributed by atoms with Crippen LogP contribution in [0.5, 0.6) is 0 Å². The average Bonchev–Trinajstić information content (AvgIpc) is 2.48. The van der Waals surface area contributed by atoms with Crippen molar-refractivity contribution in [3.05, 3.63) is 66.0 Å². The van der Waals surface area contributed by atoms with Gasteiger partial charge < -0.3 is 5.11 Å². The molecule has 19 heavy (non-hydrogen) atoms. The van der Waals surface area contributed by atoms with Crippen molar-refractivity contribution < 1.29 is 5.11 Å². The van der Waals surface area contributed by atoms with Gasteiger partial charge in [-0.15, -0.1) is 0 Å². The summed E-state index contributed by atoms with van der Waals surface area (Å²) in [4.78, 5) is 6.40. The van der Waals surface area contributed by atoms with Gasteiger partial charge in [0.05, 0.1) is 6.61 Å². The Labute approximate surface area is 114 Å². The van der Waals surface area contributed by atoms with Crippen LogP contribution in [0.4, 0.5) is 0 Å². The van der Waals surface area contributed by atoms with E-state index in [2.05, 4.69) is 28.1 Å². The van der Waals surface area contributed by atoms with E-state index in [4.69, 9.17) is 0 Å². The second kappa shape index (κ2) is 7.02. The summed E-state index contributed by atoms with van der Waals surface area (Å²) in [6.07, 6.45) is 3.66. The van der Waals surface area contributed by atoms with E-state index in [1.807, 2.05) is 37.4 Å². The lowest BCUT2D eigenvalue weighted by Gasteiger charge is -2.27. The molecule has 0 fully saturated rings. The van der Waals surface area contributed by atoms with Gasteiger partial charge in [0.25, 0.3) is 0 Å². The van der Waals surface area contributed by atoms with Crippen LogP contribution >= 0.6 is 0 Å². The Morgan fingerprint density at radius 3 is 2.37 bits per heavy atom. The highest BCUT2D eigenvalue weighted by atomic mass is 16.3. The first-order valence-corrected chi connectivity index (χ1v) is 6.57. The summed E-state index contributed by atoms with van der Waals surface area (Å²) in [7, 11) is 0. The second-order valence-electron chi connectivity index (χ2n) is 4.78. The Bertz CT molecular complexity index is 431. The van der Waals surface area contributed by atoms with Crippen molar-refractivity contribution >= 4 is 0 Å². The Balaban J connectivity index is 2.08. The molecular weight excluding hydrogens is 236 g/mol. The summed E-state index contributed by atoms with van der Waals surface area (Å²) in [5.41, 5.74) is 2.42. The lowest BCUT2D eigenvalue weighted by atomic mass is 10.1. The van der Waals surface area contributed by atoms with Gasteiger partial charge in [-0.1, -0.05) is 36.4 Å². The molecule has 3 heteroatoms. The van der Waals surface area contributed by atoms with Gasteiger partial charge >= 0.3 is 0 Å². The standard InChI is InChI=1S/C16H20N2O/c1-14(13-19)18(11-15-6-3-2-4-7-15)12-16-8-5-9-17-10-16/h2-10,14,19H,11-13H2,1H3/t14-/m1/s1. The molecule has 0 aliphatic carbocycles. The summed E-state index contributed by atoms with van der Waals surface area (Å²) >= 11 is 0. The van der Waals surface area contributed by atoms with Crippen LogP contribution in [0.3, 0.4) is 0 Å². The van der Waals surface area contributed by atoms with Crippen molar-refractivity contribution in [3.8, 4) is 0 Å². The molecule has 1 aromatic heterocycles. The Morgan fingerprint density at radius 1 is 1.05 bits per heavy atom. The van der Waals surface area contributed by atoms with Gasteiger partial charge in [-0.25, -0.2) is 0 Å². The molecule has 100 valence electrons. The summed E-state index contributed by atoms with van der Waals surface area (Å²) in [5, 5.41) is 9.40. The van der Waals surface area contributed by atoms with E-state index in [1.165, 1.54) is 11.1 Å². The fourth-order valence-electron chi connectivity index (χ4n) is 2.03. The third-order valence-corrected chi connectivity index (χ3v) is 3.22. The van der Waals surface area contributed by atoms with Crippen molar-refractivity contribution in [2.24, 2.45) is 0 Å². The quantitative estimate of drug-likeness (QED) is 0.862. The molecule has 0 saturated heterocycles. The van der Waals surface area contributed by atoms with E-state index in [0.717, 1.165) is 13.1 Å². The molecule has 1 aromatic carbocycles. The SMILES string of the molecule is C[C@H](CO)N(Cc1ccccc1)Cc1cccnc1. The number of hydrogen-bond acceptors (Lipinski definition) is 3. The topological polar surface area (TPSA) is 36.4 Å². The molecule has 1 atom stereocenters. The predicted molar refractivity (Wildman–Crippen MR) is 76.5 cm³/mol.